The number of carbonyl (C=O) groups excluding carboxylic acids is 1. The second kappa shape index (κ2) is 5.94. The van der Waals surface area contributed by atoms with Gasteiger partial charge in [-0.05, 0) is 57.9 Å². The van der Waals surface area contributed by atoms with E-state index in [1.165, 1.54) is 29.5 Å². The molecular weight excluding hydrogens is 337 g/mol. The summed E-state index contributed by atoms with van der Waals surface area (Å²) < 4.78 is 13.3. The third kappa shape index (κ3) is 3.30. The second-order valence-corrected chi connectivity index (χ2v) is 8.52. The van der Waals surface area contributed by atoms with Crippen LogP contribution in [-0.4, -0.2) is 11.4 Å². The molecule has 2 aromatic rings. The van der Waals surface area contributed by atoms with Crippen molar-refractivity contribution in [1.29, 1.82) is 5.26 Å². The van der Waals surface area contributed by atoms with E-state index in [-0.39, 0.29) is 16.6 Å². The fraction of sp³-hybridized carbons (Fsp3) is 0.368. The van der Waals surface area contributed by atoms with Gasteiger partial charge in [-0.3, -0.25) is 4.79 Å². The number of hydrogen-bond acceptors (Lipinski definition) is 4. The number of rotatable bonds is 2. The first-order chi connectivity index (χ1) is 11.6. The lowest BCUT2D eigenvalue weighted by molar-refractivity contribution is 0.102. The van der Waals surface area contributed by atoms with Crippen LogP contribution in [0.3, 0.4) is 0 Å². The number of thiophene rings is 1. The molecular formula is C19H20FN3OS. The van der Waals surface area contributed by atoms with E-state index in [0.29, 0.717) is 17.0 Å². The van der Waals surface area contributed by atoms with E-state index in [1.807, 2.05) is 0 Å². The maximum absolute atomic E-state index is 13.3. The first kappa shape index (κ1) is 17.6. The van der Waals surface area contributed by atoms with Crippen LogP contribution < -0.4 is 10.6 Å². The Bertz CT molecular complexity index is 893. The van der Waals surface area contributed by atoms with Crippen LogP contribution in [0.15, 0.2) is 24.3 Å². The van der Waals surface area contributed by atoms with E-state index in [0.717, 1.165) is 10.4 Å². The van der Waals surface area contributed by atoms with Crippen molar-refractivity contribution in [1.82, 2.24) is 5.32 Å². The molecule has 1 aromatic heterocycles. The number of benzene rings is 1. The Kier molecular flexibility index (Phi) is 4.18. The van der Waals surface area contributed by atoms with Gasteiger partial charge >= 0.3 is 0 Å². The molecule has 1 aliphatic heterocycles. The van der Waals surface area contributed by atoms with Crippen molar-refractivity contribution in [3.63, 3.8) is 0 Å². The third-order valence-corrected chi connectivity index (χ3v) is 5.74. The van der Waals surface area contributed by atoms with Gasteiger partial charge in [0.05, 0.1) is 5.56 Å². The van der Waals surface area contributed by atoms with Crippen molar-refractivity contribution in [3.8, 4) is 6.07 Å². The highest BCUT2D eigenvalue weighted by Gasteiger charge is 2.40. The summed E-state index contributed by atoms with van der Waals surface area (Å²) >= 11 is 1.41. The minimum Gasteiger partial charge on any atom is -0.312 e. The Morgan fingerprint density at radius 1 is 1.36 bits per heavy atom. The maximum Gasteiger partial charge on any atom is 0.256 e. The average molecular weight is 357 g/mol. The summed E-state index contributed by atoms with van der Waals surface area (Å²) in [5.74, 6) is -0.884. The number of anilines is 1. The number of nitrogens with one attached hydrogen (secondary N) is 2. The van der Waals surface area contributed by atoms with Crippen molar-refractivity contribution < 1.29 is 9.18 Å². The number of halogens is 1. The molecule has 0 aliphatic carbocycles. The lowest BCUT2D eigenvalue weighted by Crippen LogP contribution is -2.54. The largest absolute Gasteiger partial charge is 0.312 e. The topological polar surface area (TPSA) is 64.9 Å². The predicted molar refractivity (Wildman–Crippen MR) is 97.3 cm³/mol. The molecule has 0 unspecified atom stereocenters. The molecule has 0 atom stereocenters. The Morgan fingerprint density at radius 3 is 2.72 bits per heavy atom. The lowest BCUT2D eigenvalue weighted by atomic mass is 9.81. The van der Waals surface area contributed by atoms with E-state index >= 15 is 0 Å². The summed E-state index contributed by atoms with van der Waals surface area (Å²) in [5.41, 5.74) is 1.28. The summed E-state index contributed by atoms with van der Waals surface area (Å²) in [6.07, 6.45) is 0.709. The van der Waals surface area contributed by atoms with Crippen LogP contribution in [0.25, 0.3) is 0 Å². The quantitative estimate of drug-likeness (QED) is 0.848. The number of hydrogen-bond donors (Lipinski definition) is 2. The van der Waals surface area contributed by atoms with Gasteiger partial charge in [0.25, 0.3) is 5.91 Å². The highest BCUT2D eigenvalue weighted by molar-refractivity contribution is 7.17. The fourth-order valence-electron chi connectivity index (χ4n) is 3.54. The normalized spacial score (nSPS) is 17.4. The highest BCUT2D eigenvalue weighted by Crippen LogP contribution is 2.44. The second-order valence-electron chi connectivity index (χ2n) is 7.50. The van der Waals surface area contributed by atoms with Gasteiger partial charge in [-0.15, -0.1) is 11.3 Å². The third-order valence-electron chi connectivity index (χ3n) is 4.27. The number of nitriles is 1. The molecule has 0 fully saturated rings. The molecule has 0 bridgehead atoms. The highest BCUT2D eigenvalue weighted by atomic mass is 32.1. The number of nitrogens with zero attached hydrogens (tertiary/aromatic N) is 1. The van der Waals surface area contributed by atoms with Gasteiger partial charge in [-0.25, -0.2) is 4.39 Å². The molecule has 2 N–H and O–H groups in total. The van der Waals surface area contributed by atoms with Gasteiger partial charge < -0.3 is 10.6 Å². The molecule has 2 heterocycles. The standard InChI is InChI=1S/C19H20FN3OS/c1-18(2)9-13-14(10-21)17(25-15(13)19(3,4)23-18)22-16(24)11-6-5-7-12(20)8-11/h5-8,23H,9H2,1-4H3,(H,22,24). The summed E-state index contributed by atoms with van der Waals surface area (Å²) in [4.78, 5) is 13.5. The number of amides is 1. The summed E-state index contributed by atoms with van der Waals surface area (Å²) in [5, 5.41) is 16.6. The molecule has 4 nitrogen and oxygen atoms in total. The van der Waals surface area contributed by atoms with E-state index in [1.54, 1.807) is 6.07 Å². The first-order valence-electron chi connectivity index (χ1n) is 8.05. The molecule has 25 heavy (non-hydrogen) atoms. The molecule has 3 rings (SSSR count). The van der Waals surface area contributed by atoms with E-state index in [9.17, 15) is 14.4 Å². The zero-order valence-electron chi connectivity index (χ0n) is 14.7. The molecule has 1 aliphatic rings. The van der Waals surface area contributed by atoms with Gasteiger partial charge in [0, 0.05) is 21.5 Å². The fourth-order valence-corrected chi connectivity index (χ4v) is 4.76. The lowest BCUT2D eigenvalue weighted by Gasteiger charge is -2.42. The zero-order valence-corrected chi connectivity index (χ0v) is 15.5. The Morgan fingerprint density at radius 2 is 2.08 bits per heavy atom. The van der Waals surface area contributed by atoms with Gasteiger partial charge in [-0.1, -0.05) is 6.07 Å². The van der Waals surface area contributed by atoms with Gasteiger partial charge in [0.2, 0.25) is 0 Å². The van der Waals surface area contributed by atoms with Crippen LogP contribution in [0.5, 0.6) is 0 Å². The minimum absolute atomic E-state index is 0.146. The molecule has 0 saturated carbocycles. The Labute approximate surface area is 150 Å². The SMILES string of the molecule is CC1(C)Cc2c(sc(NC(=O)c3cccc(F)c3)c2C#N)C(C)(C)N1. The minimum atomic E-state index is -0.467. The summed E-state index contributed by atoms with van der Waals surface area (Å²) in [6, 6.07) is 7.75. The van der Waals surface area contributed by atoms with Crippen LogP contribution in [-0.2, 0) is 12.0 Å². The summed E-state index contributed by atoms with van der Waals surface area (Å²) in [6.45, 7) is 8.34. The van der Waals surface area contributed by atoms with Crippen molar-refractivity contribution in [3.05, 3.63) is 51.7 Å². The molecule has 130 valence electrons. The van der Waals surface area contributed by atoms with Crippen LogP contribution in [0, 0.1) is 17.1 Å². The maximum atomic E-state index is 13.3. The van der Waals surface area contributed by atoms with Gasteiger partial charge in [-0.2, -0.15) is 5.26 Å². The van der Waals surface area contributed by atoms with E-state index in [4.69, 9.17) is 0 Å². The Balaban J connectivity index is 2.01. The molecule has 0 radical (unpaired) electrons. The monoisotopic (exact) mass is 357 g/mol. The molecule has 0 saturated heterocycles. The van der Waals surface area contributed by atoms with Crippen LogP contribution >= 0.6 is 11.3 Å². The van der Waals surface area contributed by atoms with Crippen LogP contribution in [0.4, 0.5) is 9.39 Å². The average Bonchev–Trinajstić information content (AvgIpc) is 2.83. The van der Waals surface area contributed by atoms with Crippen molar-refractivity contribution in [2.75, 3.05) is 5.32 Å². The van der Waals surface area contributed by atoms with Crippen molar-refractivity contribution >= 4 is 22.2 Å². The smallest absolute Gasteiger partial charge is 0.256 e. The molecule has 1 aromatic carbocycles. The van der Waals surface area contributed by atoms with Gasteiger partial charge in [0.15, 0.2) is 0 Å². The van der Waals surface area contributed by atoms with E-state index in [2.05, 4.69) is 44.4 Å². The van der Waals surface area contributed by atoms with Crippen molar-refractivity contribution in [2.45, 2.75) is 45.2 Å². The molecule has 0 spiro atoms. The molecule has 6 heteroatoms. The van der Waals surface area contributed by atoms with Crippen molar-refractivity contribution in [2.24, 2.45) is 0 Å². The number of carbonyl (C=O) groups is 1. The Hall–Kier alpha value is -2.23. The zero-order chi connectivity index (χ0) is 18.4. The van der Waals surface area contributed by atoms with E-state index < -0.39 is 11.7 Å². The number of fused-ring (bicyclic) bond motifs is 1. The van der Waals surface area contributed by atoms with Gasteiger partial charge in [0.1, 0.15) is 16.9 Å². The van der Waals surface area contributed by atoms with Crippen LogP contribution in [0.2, 0.25) is 0 Å². The predicted octanol–water partition coefficient (Wildman–Crippen LogP) is 4.17. The summed E-state index contributed by atoms with van der Waals surface area (Å²) in [7, 11) is 0. The molecule has 1 amide bonds. The first-order valence-corrected chi connectivity index (χ1v) is 8.87. The van der Waals surface area contributed by atoms with Crippen LogP contribution in [0.1, 0.15) is 54.1 Å².